The third kappa shape index (κ3) is 9.63. The molecular weight excluding hydrogens is 396 g/mol. The number of rotatable bonds is 12. The molecule has 29 heavy (non-hydrogen) atoms. The van der Waals surface area contributed by atoms with Gasteiger partial charge in [0.1, 0.15) is 11.5 Å². The number of benzene rings is 2. The lowest BCUT2D eigenvalue weighted by Gasteiger charge is -2.33. The van der Waals surface area contributed by atoms with Crippen LogP contribution in [-0.4, -0.2) is 35.2 Å². The van der Waals surface area contributed by atoms with Gasteiger partial charge in [0.05, 0.1) is 6.61 Å². The molecule has 0 aromatic heterocycles. The number of hydrogen-bond donors (Lipinski definition) is 1. The van der Waals surface area contributed by atoms with Crippen LogP contribution < -0.4 is 4.74 Å². The van der Waals surface area contributed by atoms with Crippen LogP contribution >= 0.6 is 0 Å². The van der Waals surface area contributed by atoms with Gasteiger partial charge in [0.25, 0.3) is 0 Å². The molecule has 2 rings (SSSR count). The molecule has 2 aromatic carbocycles. The van der Waals surface area contributed by atoms with E-state index in [-0.39, 0.29) is 0 Å². The van der Waals surface area contributed by atoms with Crippen molar-refractivity contribution >= 4 is 16.9 Å². The Morgan fingerprint density at radius 1 is 0.828 bits per heavy atom. The first-order chi connectivity index (χ1) is 13.7. The highest BCUT2D eigenvalue weighted by molar-refractivity contribution is 6.82. The van der Waals surface area contributed by atoms with Crippen molar-refractivity contribution in [3.63, 3.8) is 0 Å². The molecule has 0 heterocycles. The highest BCUT2D eigenvalue weighted by Gasteiger charge is 2.34. The molecular formula is C23H36O4Si2. The smallest absolute Gasteiger partial charge is 0.321 e. The van der Waals surface area contributed by atoms with Crippen molar-refractivity contribution < 1.29 is 18.4 Å². The Labute approximate surface area is 178 Å². The quantitative estimate of drug-likeness (QED) is 0.328. The van der Waals surface area contributed by atoms with E-state index in [0.717, 1.165) is 37.7 Å². The normalized spacial score (nSPS) is 12.2. The molecule has 0 radical (unpaired) electrons. The van der Waals surface area contributed by atoms with E-state index in [1.54, 1.807) is 12.1 Å². The molecule has 0 spiro atoms. The lowest BCUT2D eigenvalue weighted by atomic mass is 10.1. The third-order valence-electron chi connectivity index (χ3n) is 4.73. The van der Waals surface area contributed by atoms with Crippen molar-refractivity contribution in [2.24, 2.45) is 0 Å². The monoisotopic (exact) mass is 432 g/mol. The van der Waals surface area contributed by atoms with E-state index in [2.05, 4.69) is 45.2 Å². The summed E-state index contributed by atoms with van der Waals surface area (Å²) in [5.74, 6) is 1.24. The number of phenols is 1. The van der Waals surface area contributed by atoms with E-state index < -0.39 is 16.9 Å². The van der Waals surface area contributed by atoms with Gasteiger partial charge in [-0.3, -0.25) is 0 Å². The number of aryl methyl sites for hydroxylation is 2. The first-order valence-electron chi connectivity index (χ1n) is 10.5. The molecule has 1 N–H and O–H groups in total. The van der Waals surface area contributed by atoms with E-state index in [1.165, 1.54) is 11.1 Å². The number of ether oxygens (including phenoxy) is 1. The van der Waals surface area contributed by atoms with Crippen molar-refractivity contribution in [1.82, 2.24) is 0 Å². The maximum absolute atomic E-state index is 9.35. The largest absolute Gasteiger partial charge is 0.508 e. The fourth-order valence-corrected chi connectivity index (χ4v) is 10.9. The standard InChI is InChI=1S/C23H36O4Si2/c1-20-9-15-23(16-10-20)25-17-7-19-28(2,3)27-29(4,5)26-18-6-8-21-11-13-22(24)14-12-21/h9-16,24H,6-8,17-19H2,1-5H3. The minimum absolute atomic E-state index is 0.309. The van der Waals surface area contributed by atoms with Crippen LogP contribution in [0.25, 0.3) is 0 Å². The molecule has 0 fully saturated rings. The molecule has 6 heteroatoms. The van der Waals surface area contributed by atoms with E-state index in [4.69, 9.17) is 13.3 Å². The van der Waals surface area contributed by atoms with Gasteiger partial charge in [-0.05, 0) is 88.2 Å². The van der Waals surface area contributed by atoms with Gasteiger partial charge in [0.15, 0.2) is 8.32 Å². The average Bonchev–Trinajstić information content (AvgIpc) is 2.64. The Balaban J connectivity index is 1.65. The third-order valence-corrected chi connectivity index (χ3v) is 11.4. The summed E-state index contributed by atoms with van der Waals surface area (Å²) >= 11 is 0. The molecule has 0 saturated carbocycles. The van der Waals surface area contributed by atoms with Crippen LogP contribution in [0.4, 0.5) is 0 Å². The van der Waals surface area contributed by atoms with Gasteiger partial charge in [0.2, 0.25) is 0 Å². The Morgan fingerprint density at radius 3 is 2.14 bits per heavy atom. The Hall–Kier alpha value is -1.61. The molecule has 0 saturated heterocycles. The first kappa shape index (κ1) is 23.7. The van der Waals surface area contributed by atoms with Crippen molar-refractivity contribution in [2.75, 3.05) is 13.2 Å². The Morgan fingerprint density at radius 2 is 1.48 bits per heavy atom. The molecule has 2 aromatic rings. The first-order valence-corrected chi connectivity index (χ1v) is 16.4. The Bertz CT molecular complexity index is 664. The summed E-state index contributed by atoms with van der Waals surface area (Å²) in [6.07, 6.45) is 2.90. The molecule has 4 nitrogen and oxygen atoms in total. The van der Waals surface area contributed by atoms with Gasteiger partial charge in [-0.25, -0.2) is 0 Å². The zero-order valence-corrected chi connectivity index (χ0v) is 20.5. The molecule has 0 bridgehead atoms. The minimum atomic E-state index is -2.14. The van der Waals surface area contributed by atoms with Crippen molar-refractivity contribution in [3.8, 4) is 11.5 Å². The van der Waals surface area contributed by atoms with E-state index in [9.17, 15) is 5.11 Å². The minimum Gasteiger partial charge on any atom is -0.508 e. The number of hydrogen-bond acceptors (Lipinski definition) is 4. The van der Waals surface area contributed by atoms with Crippen LogP contribution in [0.5, 0.6) is 11.5 Å². The van der Waals surface area contributed by atoms with Gasteiger partial charge >= 0.3 is 8.56 Å². The summed E-state index contributed by atoms with van der Waals surface area (Å²) in [6.45, 7) is 12.3. The van der Waals surface area contributed by atoms with E-state index in [0.29, 0.717) is 12.4 Å². The van der Waals surface area contributed by atoms with Gasteiger partial charge < -0.3 is 18.4 Å². The van der Waals surface area contributed by atoms with Crippen LogP contribution in [0.3, 0.4) is 0 Å². The molecule has 0 aliphatic carbocycles. The zero-order chi connectivity index (χ0) is 21.3. The summed E-state index contributed by atoms with van der Waals surface area (Å²) in [5, 5.41) is 9.35. The van der Waals surface area contributed by atoms with Crippen LogP contribution in [-0.2, 0) is 15.0 Å². The predicted molar refractivity (Wildman–Crippen MR) is 125 cm³/mol. The summed E-state index contributed by atoms with van der Waals surface area (Å²) in [5.41, 5.74) is 2.46. The highest BCUT2D eigenvalue weighted by atomic mass is 28.4. The fraction of sp³-hybridized carbons (Fsp3) is 0.478. The van der Waals surface area contributed by atoms with Gasteiger partial charge in [-0.15, -0.1) is 0 Å². The van der Waals surface area contributed by atoms with Crippen molar-refractivity contribution in [3.05, 3.63) is 59.7 Å². The van der Waals surface area contributed by atoms with Crippen molar-refractivity contribution in [1.29, 1.82) is 0 Å². The van der Waals surface area contributed by atoms with Gasteiger partial charge in [-0.1, -0.05) is 29.8 Å². The summed E-state index contributed by atoms with van der Waals surface area (Å²) in [4.78, 5) is 0. The highest BCUT2D eigenvalue weighted by Crippen LogP contribution is 2.22. The maximum atomic E-state index is 9.35. The molecule has 0 aliphatic rings. The summed E-state index contributed by atoms with van der Waals surface area (Å²) < 4.78 is 18.5. The molecule has 0 unspecified atom stereocenters. The van der Waals surface area contributed by atoms with E-state index in [1.807, 2.05) is 24.3 Å². The number of phenolic OH excluding ortho intramolecular Hbond substituents is 1. The van der Waals surface area contributed by atoms with Gasteiger partial charge in [-0.2, -0.15) is 0 Å². The second kappa shape index (κ2) is 11.0. The van der Waals surface area contributed by atoms with Crippen LogP contribution in [0.1, 0.15) is 24.0 Å². The van der Waals surface area contributed by atoms with Crippen LogP contribution in [0.2, 0.25) is 32.2 Å². The molecule has 0 atom stereocenters. The maximum Gasteiger partial charge on any atom is 0.321 e. The Kier molecular flexibility index (Phi) is 8.95. The summed E-state index contributed by atoms with van der Waals surface area (Å²) in [6, 6.07) is 16.6. The van der Waals surface area contributed by atoms with Crippen molar-refractivity contribution in [2.45, 2.75) is 58.4 Å². The fourth-order valence-electron chi connectivity index (χ4n) is 3.33. The number of aromatic hydroxyl groups is 1. The molecule has 160 valence electrons. The second-order valence-electron chi connectivity index (χ2n) is 8.65. The molecule has 0 aliphatic heterocycles. The summed E-state index contributed by atoms with van der Waals surface area (Å²) in [7, 11) is -3.92. The van der Waals surface area contributed by atoms with Crippen LogP contribution in [0, 0.1) is 6.92 Å². The topological polar surface area (TPSA) is 47.9 Å². The lowest BCUT2D eigenvalue weighted by Crippen LogP contribution is -2.46. The zero-order valence-electron chi connectivity index (χ0n) is 18.5. The SMILES string of the molecule is Cc1ccc(OCCC[Si](C)(C)O[Si](C)(C)OCCCc2ccc(O)cc2)cc1. The van der Waals surface area contributed by atoms with Crippen LogP contribution in [0.15, 0.2) is 48.5 Å². The predicted octanol–water partition coefficient (Wildman–Crippen LogP) is 6.04. The lowest BCUT2D eigenvalue weighted by molar-refractivity contribution is 0.240. The van der Waals surface area contributed by atoms with Gasteiger partial charge in [0, 0.05) is 6.61 Å². The second-order valence-corrected chi connectivity index (χ2v) is 16.6. The van der Waals surface area contributed by atoms with E-state index >= 15 is 0 Å². The average molecular weight is 433 g/mol. The molecule has 0 amide bonds.